The Bertz CT molecular complexity index is 321. The van der Waals surface area contributed by atoms with Crippen molar-refractivity contribution in [1.29, 1.82) is 0 Å². The van der Waals surface area contributed by atoms with Gasteiger partial charge in [0.1, 0.15) is 5.01 Å². The largest absolute Gasteiger partial charge is 0.306 e. The molecule has 1 aromatic rings. The molecule has 0 aromatic carbocycles. The van der Waals surface area contributed by atoms with Crippen molar-refractivity contribution in [2.75, 3.05) is 0 Å². The Morgan fingerprint density at radius 1 is 1.33 bits per heavy atom. The van der Waals surface area contributed by atoms with Gasteiger partial charge in [-0.05, 0) is 33.6 Å². The van der Waals surface area contributed by atoms with Crippen LogP contribution < -0.4 is 5.32 Å². The fraction of sp³-hybridized carbons (Fsp3) is 0.750. The summed E-state index contributed by atoms with van der Waals surface area (Å²) in [4.78, 5) is 6.03. The predicted octanol–water partition coefficient (Wildman–Crippen LogP) is 3.46. The Kier molecular flexibility index (Phi) is 3.90. The lowest BCUT2D eigenvalue weighted by atomic mass is 10.1. The number of nitrogens with one attached hydrogen (secondary N) is 1. The summed E-state index contributed by atoms with van der Waals surface area (Å²) in [5.74, 6) is 0.532. The van der Waals surface area contributed by atoms with E-state index >= 15 is 0 Å². The third kappa shape index (κ3) is 3.92. The van der Waals surface area contributed by atoms with Crippen LogP contribution in [0.2, 0.25) is 0 Å². The van der Waals surface area contributed by atoms with E-state index in [2.05, 4.69) is 51.8 Å². The molecule has 1 aromatic heterocycles. The van der Waals surface area contributed by atoms with Gasteiger partial charge in [-0.15, -0.1) is 11.3 Å². The maximum absolute atomic E-state index is 4.67. The first-order chi connectivity index (χ1) is 6.79. The molecule has 0 saturated heterocycles. The first-order valence-electron chi connectivity index (χ1n) is 5.51. The molecule has 1 N–H and O–H groups in total. The fourth-order valence-electron chi connectivity index (χ4n) is 1.42. The smallest absolute Gasteiger partial charge is 0.107 e. The van der Waals surface area contributed by atoms with E-state index in [4.69, 9.17) is 0 Å². The molecular weight excluding hydrogens is 204 g/mol. The van der Waals surface area contributed by atoms with Crippen LogP contribution in [0.5, 0.6) is 0 Å². The summed E-state index contributed by atoms with van der Waals surface area (Å²) in [6.45, 7) is 14.0. The molecule has 1 heterocycles. The third-order valence-electron chi connectivity index (χ3n) is 2.19. The molecule has 0 fully saturated rings. The molecule has 0 aliphatic carbocycles. The van der Waals surface area contributed by atoms with Gasteiger partial charge in [-0.25, -0.2) is 4.98 Å². The van der Waals surface area contributed by atoms with Crippen molar-refractivity contribution < 1.29 is 0 Å². The summed E-state index contributed by atoms with van der Waals surface area (Å²) in [6.07, 6.45) is 0. The molecule has 15 heavy (non-hydrogen) atoms. The van der Waals surface area contributed by atoms with Gasteiger partial charge < -0.3 is 5.32 Å². The van der Waals surface area contributed by atoms with Crippen LogP contribution in [0.1, 0.15) is 56.1 Å². The molecule has 0 saturated carbocycles. The average Bonchev–Trinajstić information content (AvgIpc) is 2.42. The van der Waals surface area contributed by atoms with E-state index in [1.54, 1.807) is 0 Å². The minimum absolute atomic E-state index is 0.164. The second kappa shape index (κ2) is 4.62. The second-order valence-corrected chi connectivity index (χ2v) is 6.60. The molecule has 0 unspecified atom stereocenters. The van der Waals surface area contributed by atoms with Gasteiger partial charge in [-0.2, -0.15) is 0 Å². The Morgan fingerprint density at radius 2 is 1.93 bits per heavy atom. The van der Waals surface area contributed by atoms with Crippen molar-refractivity contribution in [2.24, 2.45) is 0 Å². The molecular formula is C12H22N2S. The van der Waals surface area contributed by atoms with Gasteiger partial charge in [0.2, 0.25) is 0 Å². The number of aryl methyl sites for hydroxylation is 1. The maximum Gasteiger partial charge on any atom is 0.107 e. The zero-order valence-corrected chi connectivity index (χ0v) is 11.5. The topological polar surface area (TPSA) is 24.9 Å². The quantitative estimate of drug-likeness (QED) is 0.853. The summed E-state index contributed by atoms with van der Waals surface area (Å²) in [5.41, 5.74) is 1.42. The first-order valence-corrected chi connectivity index (χ1v) is 6.32. The lowest BCUT2D eigenvalue weighted by Crippen LogP contribution is -2.35. The zero-order valence-electron chi connectivity index (χ0n) is 10.6. The summed E-state index contributed by atoms with van der Waals surface area (Å²) in [6, 6.07) is 0. The highest BCUT2D eigenvalue weighted by molar-refractivity contribution is 7.11. The number of nitrogens with zero attached hydrogens (tertiary/aromatic N) is 1. The van der Waals surface area contributed by atoms with Gasteiger partial charge in [0.15, 0.2) is 0 Å². The number of hydrogen-bond donors (Lipinski definition) is 1. The molecule has 0 radical (unpaired) electrons. The van der Waals surface area contributed by atoms with Crippen LogP contribution >= 0.6 is 11.3 Å². The van der Waals surface area contributed by atoms with Gasteiger partial charge >= 0.3 is 0 Å². The van der Waals surface area contributed by atoms with Crippen LogP contribution in [0.15, 0.2) is 0 Å². The van der Waals surface area contributed by atoms with Crippen LogP contribution in [-0.4, -0.2) is 10.5 Å². The average molecular weight is 226 g/mol. The van der Waals surface area contributed by atoms with Crippen LogP contribution in [-0.2, 0) is 6.54 Å². The molecule has 3 heteroatoms. The van der Waals surface area contributed by atoms with Crippen LogP contribution in [0.25, 0.3) is 0 Å². The minimum atomic E-state index is 0.164. The Morgan fingerprint density at radius 3 is 2.33 bits per heavy atom. The van der Waals surface area contributed by atoms with Crippen molar-refractivity contribution in [3.8, 4) is 0 Å². The molecule has 0 aliphatic rings. The molecule has 0 amide bonds. The van der Waals surface area contributed by atoms with Crippen LogP contribution in [0.4, 0.5) is 0 Å². The molecule has 0 spiro atoms. The van der Waals surface area contributed by atoms with E-state index < -0.39 is 0 Å². The summed E-state index contributed by atoms with van der Waals surface area (Å²) < 4.78 is 0. The highest BCUT2D eigenvalue weighted by Crippen LogP contribution is 2.24. The molecule has 0 atom stereocenters. The van der Waals surface area contributed by atoms with Crippen LogP contribution in [0, 0.1) is 6.92 Å². The van der Waals surface area contributed by atoms with Gasteiger partial charge in [0, 0.05) is 17.0 Å². The fourth-order valence-corrected chi connectivity index (χ4v) is 2.44. The molecule has 2 nitrogen and oxygen atoms in total. The Balaban J connectivity index is 2.68. The number of thiazole rings is 1. The molecule has 86 valence electrons. The van der Waals surface area contributed by atoms with E-state index in [0.717, 1.165) is 6.54 Å². The molecule has 0 aliphatic heterocycles. The van der Waals surface area contributed by atoms with Crippen LogP contribution in [0.3, 0.4) is 0 Å². The summed E-state index contributed by atoms with van der Waals surface area (Å²) in [5, 5.41) is 4.67. The second-order valence-electron chi connectivity index (χ2n) is 5.31. The summed E-state index contributed by atoms with van der Waals surface area (Å²) >= 11 is 1.81. The van der Waals surface area contributed by atoms with Gasteiger partial charge in [0.05, 0.1) is 5.69 Å². The van der Waals surface area contributed by atoms with Crippen molar-refractivity contribution in [3.63, 3.8) is 0 Å². The van der Waals surface area contributed by atoms with Gasteiger partial charge in [-0.3, -0.25) is 0 Å². The minimum Gasteiger partial charge on any atom is -0.306 e. The third-order valence-corrected chi connectivity index (χ3v) is 3.18. The predicted molar refractivity (Wildman–Crippen MR) is 67.5 cm³/mol. The van der Waals surface area contributed by atoms with Crippen molar-refractivity contribution in [1.82, 2.24) is 10.3 Å². The Hall–Kier alpha value is -0.410. The van der Waals surface area contributed by atoms with E-state index in [0.29, 0.717) is 5.92 Å². The molecule has 0 bridgehead atoms. The standard InChI is InChI=1S/C12H22N2S/c1-8(2)11-9(3)15-10(14-11)7-13-12(4,5)6/h8,13H,7H2,1-6H3. The lowest BCUT2D eigenvalue weighted by Gasteiger charge is -2.19. The maximum atomic E-state index is 4.67. The lowest BCUT2D eigenvalue weighted by molar-refractivity contribution is 0.423. The van der Waals surface area contributed by atoms with Crippen molar-refractivity contribution >= 4 is 11.3 Å². The number of aromatic nitrogens is 1. The monoisotopic (exact) mass is 226 g/mol. The summed E-state index contributed by atoms with van der Waals surface area (Å²) in [7, 11) is 0. The zero-order chi connectivity index (χ0) is 11.6. The van der Waals surface area contributed by atoms with Gasteiger partial charge in [-0.1, -0.05) is 13.8 Å². The number of hydrogen-bond acceptors (Lipinski definition) is 3. The number of rotatable bonds is 3. The molecule has 1 rings (SSSR count). The van der Waals surface area contributed by atoms with E-state index in [-0.39, 0.29) is 5.54 Å². The van der Waals surface area contributed by atoms with E-state index in [1.807, 2.05) is 11.3 Å². The van der Waals surface area contributed by atoms with E-state index in [9.17, 15) is 0 Å². The highest BCUT2D eigenvalue weighted by Gasteiger charge is 2.13. The first kappa shape index (κ1) is 12.7. The van der Waals surface area contributed by atoms with E-state index in [1.165, 1.54) is 15.6 Å². The SMILES string of the molecule is Cc1sc(CNC(C)(C)C)nc1C(C)C. The Labute approximate surface area is 97.1 Å². The van der Waals surface area contributed by atoms with Crippen molar-refractivity contribution in [3.05, 3.63) is 15.6 Å². The normalized spacial score (nSPS) is 12.5. The van der Waals surface area contributed by atoms with Gasteiger partial charge in [0.25, 0.3) is 0 Å². The van der Waals surface area contributed by atoms with Crippen molar-refractivity contribution in [2.45, 2.75) is 59.5 Å². The highest BCUT2D eigenvalue weighted by atomic mass is 32.1.